The van der Waals surface area contributed by atoms with Crippen LogP contribution >= 0.6 is 0 Å². The number of benzene rings is 1. The number of amides is 1. The zero-order valence-corrected chi connectivity index (χ0v) is 9.20. The molecule has 1 aromatic carbocycles. The van der Waals surface area contributed by atoms with E-state index >= 15 is 0 Å². The summed E-state index contributed by atoms with van der Waals surface area (Å²) >= 11 is 0. The highest BCUT2D eigenvalue weighted by molar-refractivity contribution is 6.07. The molecule has 4 nitrogen and oxygen atoms in total. The van der Waals surface area contributed by atoms with Crippen LogP contribution in [0.1, 0.15) is 24.5 Å². The van der Waals surface area contributed by atoms with Crippen LogP contribution in [-0.4, -0.2) is 16.8 Å². The van der Waals surface area contributed by atoms with Crippen molar-refractivity contribution in [3.05, 3.63) is 29.3 Å². The molecule has 0 unspecified atom stereocenters. The molecule has 0 fully saturated rings. The summed E-state index contributed by atoms with van der Waals surface area (Å²) in [6, 6.07) is 5.31. The summed E-state index contributed by atoms with van der Waals surface area (Å²) in [6.07, 6.45) is -0.185. The standard InChI is InChI=1S/C12H13NO3/c1-7-3-4-10-9(5-7)12(16,6-8(2)14)11(15)13-10/h3-5,16H,6H2,1-2H3,(H,13,15)/t12-/m1/s1. The number of hydrogen-bond acceptors (Lipinski definition) is 3. The molecule has 4 heteroatoms. The first-order valence-corrected chi connectivity index (χ1v) is 5.08. The molecule has 0 saturated heterocycles. The summed E-state index contributed by atoms with van der Waals surface area (Å²) < 4.78 is 0. The summed E-state index contributed by atoms with van der Waals surface area (Å²) in [7, 11) is 0. The third kappa shape index (κ3) is 1.51. The average Bonchev–Trinajstić information content (AvgIpc) is 2.40. The minimum atomic E-state index is -1.70. The molecular formula is C12H13NO3. The van der Waals surface area contributed by atoms with Gasteiger partial charge in [-0.15, -0.1) is 0 Å². The first kappa shape index (κ1) is 10.8. The molecule has 0 aliphatic carbocycles. The Bertz CT molecular complexity index is 481. The first-order valence-electron chi connectivity index (χ1n) is 5.08. The van der Waals surface area contributed by atoms with Crippen molar-refractivity contribution in [3.63, 3.8) is 0 Å². The molecule has 0 aromatic heterocycles. The summed E-state index contributed by atoms with van der Waals surface area (Å²) in [6.45, 7) is 3.23. The van der Waals surface area contributed by atoms with Gasteiger partial charge in [-0.3, -0.25) is 9.59 Å². The SMILES string of the molecule is CC(=O)C[C@]1(O)C(=O)Nc2ccc(C)cc21. The number of carbonyl (C=O) groups excluding carboxylic acids is 2. The van der Waals surface area contributed by atoms with Crippen molar-refractivity contribution < 1.29 is 14.7 Å². The van der Waals surface area contributed by atoms with Crippen LogP contribution in [0.25, 0.3) is 0 Å². The Kier molecular flexibility index (Phi) is 2.31. The fourth-order valence-corrected chi connectivity index (χ4v) is 1.99. The maximum Gasteiger partial charge on any atom is 0.261 e. The molecule has 0 radical (unpaired) electrons. The smallest absolute Gasteiger partial charge is 0.261 e. The van der Waals surface area contributed by atoms with E-state index in [1.165, 1.54) is 6.92 Å². The van der Waals surface area contributed by atoms with Crippen LogP contribution in [0.3, 0.4) is 0 Å². The van der Waals surface area contributed by atoms with Gasteiger partial charge in [0.2, 0.25) is 0 Å². The van der Waals surface area contributed by atoms with Gasteiger partial charge in [0.05, 0.1) is 0 Å². The van der Waals surface area contributed by atoms with Crippen LogP contribution in [0, 0.1) is 6.92 Å². The minimum absolute atomic E-state index is 0.185. The number of carbonyl (C=O) groups is 2. The number of hydrogen-bond donors (Lipinski definition) is 2. The van der Waals surface area contributed by atoms with Crippen LogP contribution < -0.4 is 5.32 Å². The Labute approximate surface area is 93.3 Å². The van der Waals surface area contributed by atoms with E-state index in [2.05, 4.69) is 5.32 Å². The maximum absolute atomic E-state index is 11.7. The Morgan fingerprint density at radius 2 is 2.19 bits per heavy atom. The lowest BCUT2D eigenvalue weighted by atomic mass is 9.89. The van der Waals surface area contributed by atoms with Crippen LogP contribution in [0.15, 0.2) is 18.2 Å². The molecule has 1 amide bonds. The van der Waals surface area contributed by atoms with Gasteiger partial charge in [0, 0.05) is 17.7 Å². The predicted octanol–water partition coefficient (Wildman–Crippen LogP) is 1.11. The molecule has 2 N–H and O–H groups in total. The topological polar surface area (TPSA) is 66.4 Å². The molecular weight excluding hydrogens is 206 g/mol. The van der Waals surface area contributed by atoms with E-state index in [0.29, 0.717) is 11.3 Å². The number of ketones is 1. The molecule has 0 saturated carbocycles. The van der Waals surface area contributed by atoms with E-state index in [1.807, 2.05) is 13.0 Å². The van der Waals surface area contributed by atoms with Crippen molar-refractivity contribution in [2.24, 2.45) is 0 Å². The fourth-order valence-electron chi connectivity index (χ4n) is 1.99. The zero-order chi connectivity index (χ0) is 11.9. The lowest BCUT2D eigenvalue weighted by molar-refractivity contribution is -0.139. The maximum atomic E-state index is 11.7. The van der Waals surface area contributed by atoms with Crippen molar-refractivity contribution in [2.45, 2.75) is 25.9 Å². The van der Waals surface area contributed by atoms with Crippen molar-refractivity contribution in [2.75, 3.05) is 5.32 Å². The Morgan fingerprint density at radius 1 is 1.50 bits per heavy atom. The van der Waals surface area contributed by atoms with E-state index in [1.54, 1.807) is 12.1 Å². The molecule has 1 aliphatic rings. The van der Waals surface area contributed by atoms with E-state index in [0.717, 1.165) is 5.56 Å². The van der Waals surface area contributed by atoms with Crippen LogP contribution in [-0.2, 0) is 15.2 Å². The van der Waals surface area contributed by atoms with Crippen molar-refractivity contribution >= 4 is 17.4 Å². The summed E-state index contributed by atoms with van der Waals surface area (Å²) in [5.41, 5.74) is 0.317. The Morgan fingerprint density at radius 3 is 2.81 bits per heavy atom. The van der Waals surface area contributed by atoms with Gasteiger partial charge in [0.1, 0.15) is 5.78 Å². The number of nitrogens with one attached hydrogen (secondary N) is 1. The van der Waals surface area contributed by atoms with Gasteiger partial charge in [-0.1, -0.05) is 17.7 Å². The van der Waals surface area contributed by atoms with Gasteiger partial charge in [-0.05, 0) is 19.9 Å². The molecule has 2 rings (SSSR count). The lowest BCUT2D eigenvalue weighted by Gasteiger charge is -2.19. The molecule has 1 atom stereocenters. The second kappa shape index (κ2) is 3.42. The molecule has 1 aliphatic heterocycles. The van der Waals surface area contributed by atoms with Gasteiger partial charge in [0.15, 0.2) is 5.60 Å². The average molecular weight is 219 g/mol. The highest BCUT2D eigenvalue weighted by atomic mass is 16.3. The first-order chi connectivity index (χ1) is 7.43. The van der Waals surface area contributed by atoms with Crippen LogP contribution in [0.2, 0.25) is 0 Å². The van der Waals surface area contributed by atoms with E-state index in [-0.39, 0.29) is 12.2 Å². The molecule has 84 valence electrons. The number of fused-ring (bicyclic) bond motifs is 1. The van der Waals surface area contributed by atoms with Gasteiger partial charge < -0.3 is 10.4 Å². The van der Waals surface area contributed by atoms with Crippen molar-refractivity contribution in [1.82, 2.24) is 0 Å². The zero-order valence-electron chi connectivity index (χ0n) is 9.20. The highest BCUT2D eigenvalue weighted by Gasteiger charge is 2.45. The summed E-state index contributed by atoms with van der Waals surface area (Å²) in [4.78, 5) is 22.8. The van der Waals surface area contributed by atoms with Gasteiger partial charge in [0.25, 0.3) is 5.91 Å². The van der Waals surface area contributed by atoms with Gasteiger partial charge >= 0.3 is 0 Å². The van der Waals surface area contributed by atoms with Crippen molar-refractivity contribution in [1.29, 1.82) is 0 Å². The molecule has 16 heavy (non-hydrogen) atoms. The van der Waals surface area contributed by atoms with Gasteiger partial charge in [-0.2, -0.15) is 0 Å². The minimum Gasteiger partial charge on any atom is -0.375 e. The Balaban J connectivity index is 2.53. The quantitative estimate of drug-likeness (QED) is 0.783. The molecule has 0 bridgehead atoms. The molecule has 1 aromatic rings. The second-order valence-corrected chi connectivity index (χ2v) is 4.24. The van der Waals surface area contributed by atoms with Crippen molar-refractivity contribution in [3.8, 4) is 0 Å². The highest BCUT2D eigenvalue weighted by Crippen LogP contribution is 2.38. The lowest BCUT2D eigenvalue weighted by Crippen LogP contribution is -2.36. The molecule has 0 spiro atoms. The van der Waals surface area contributed by atoms with E-state index < -0.39 is 11.5 Å². The normalized spacial score (nSPS) is 22.8. The number of rotatable bonds is 2. The third-order valence-corrected chi connectivity index (χ3v) is 2.75. The summed E-state index contributed by atoms with van der Waals surface area (Å²) in [5.74, 6) is -0.740. The second-order valence-electron chi connectivity index (χ2n) is 4.24. The van der Waals surface area contributed by atoms with Crippen LogP contribution in [0.4, 0.5) is 5.69 Å². The van der Waals surface area contributed by atoms with Crippen LogP contribution in [0.5, 0.6) is 0 Å². The number of aryl methyl sites for hydroxylation is 1. The Hall–Kier alpha value is -1.68. The van der Waals surface area contributed by atoms with Gasteiger partial charge in [-0.25, -0.2) is 0 Å². The monoisotopic (exact) mass is 219 g/mol. The van der Waals surface area contributed by atoms with E-state index in [4.69, 9.17) is 0 Å². The number of anilines is 1. The van der Waals surface area contributed by atoms with E-state index in [9.17, 15) is 14.7 Å². The fraction of sp³-hybridized carbons (Fsp3) is 0.333. The summed E-state index contributed by atoms with van der Waals surface area (Å²) in [5, 5.41) is 12.9. The molecule has 1 heterocycles. The number of aliphatic hydroxyl groups is 1. The third-order valence-electron chi connectivity index (χ3n) is 2.75. The predicted molar refractivity (Wildman–Crippen MR) is 59.0 cm³/mol. The largest absolute Gasteiger partial charge is 0.375 e. The number of Topliss-reactive ketones (excluding diaryl/α,β-unsaturated/α-hetero) is 1.